The molecule has 0 atom stereocenters. The van der Waals surface area contributed by atoms with Crippen molar-refractivity contribution >= 4 is 21.6 Å². The molecule has 114 valence electrons. The fourth-order valence-corrected chi connectivity index (χ4v) is 4.32. The molecule has 1 aliphatic rings. The molecule has 0 radical (unpaired) electrons. The molecule has 1 saturated heterocycles. The van der Waals surface area contributed by atoms with Gasteiger partial charge in [-0.3, -0.25) is 0 Å². The van der Waals surface area contributed by atoms with Gasteiger partial charge >= 0.3 is 0 Å². The fourth-order valence-electron chi connectivity index (χ4n) is 2.38. The Bertz CT molecular complexity index is 674. The van der Waals surface area contributed by atoms with Crippen LogP contribution >= 0.6 is 11.6 Å². The zero-order valence-electron chi connectivity index (χ0n) is 12.1. The Kier molecular flexibility index (Phi) is 4.59. The van der Waals surface area contributed by atoms with E-state index in [0.717, 1.165) is 12.8 Å². The molecule has 0 bridgehead atoms. The normalized spacial score (nSPS) is 19.1. The maximum atomic E-state index is 12.7. The molecular weight excluding hydrogens is 310 g/mol. The monoisotopic (exact) mass is 327 g/mol. The van der Waals surface area contributed by atoms with E-state index in [4.69, 9.17) is 16.9 Å². The van der Waals surface area contributed by atoms with Gasteiger partial charge in [0.1, 0.15) is 4.90 Å². The highest BCUT2D eigenvalue weighted by Gasteiger charge is 2.35. The highest BCUT2D eigenvalue weighted by Crippen LogP contribution is 2.30. The van der Waals surface area contributed by atoms with Gasteiger partial charge in [0.2, 0.25) is 10.0 Å². The number of halogens is 1. The van der Waals surface area contributed by atoms with Crippen molar-refractivity contribution in [2.45, 2.75) is 30.2 Å². The average molecular weight is 328 g/mol. The van der Waals surface area contributed by atoms with E-state index in [1.165, 1.54) is 22.5 Å². The van der Waals surface area contributed by atoms with Crippen molar-refractivity contribution in [1.29, 1.82) is 5.26 Å². The second-order valence-electron chi connectivity index (χ2n) is 5.47. The number of piperidine rings is 1. The third-order valence-corrected chi connectivity index (χ3v) is 6.49. The molecule has 21 heavy (non-hydrogen) atoms. The minimum absolute atomic E-state index is 0.0104. The summed E-state index contributed by atoms with van der Waals surface area (Å²) in [4.78, 5) is 0.0104. The number of nitriles is 1. The number of rotatable bonds is 3. The predicted molar refractivity (Wildman–Crippen MR) is 81.6 cm³/mol. The summed E-state index contributed by atoms with van der Waals surface area (Å²) in [6, 6.07) is 6.24. The van der Waals surface area contributed by atoms with Gasteiger partial charge in [0.05, 0.1) is 16.7 Å². The standard InChI is InChI=1S/C14H18ClN3O2S/c1-14(17-2)5-7-18(8-6-14)21(19,20)13-9-11(10-16)3-4-12(13)15/h3-4,9,17H,5-8H2,1-2H3. The maximum Gasteiger partial charge on any atom is 0.244 e. The Morgan fingerprint density at radius 2 is 2.00 bits per heavy atom. The van der Waals surface area contributed by atoms with E-state index >= 15 is 0 Å². The molecule has 5 nitrogen and oxygen atoms in total. The predicted octanol–water partition coefficient (Wildman–Crippen LogP) is 1.97. The SMILES string of the molecule is CNC1(C)CCN(S(=O)(=O)c2cc(C#N)ccc2Cl)CC1. The molecule has 0 amide bonds. The van der Waals surface area contributed by atoms with E-state index in [0.29, 0.717) is 13.1 Å². The first-order valence-corrected chi connectivity index (χ1v) is 8.53. The van der Waals surface area contributed by atoms with Gasteiger partial charge in [0, 0.05) is 18.6 Å². The van der Waals surface area contributed by atoms with E-state index in [-0.39, 0.29) is 21.0 Å². The Hall–Kier alpha value is -1.13. The first kappa shape index (κ1) is 16.2. The number of nitrogens with one attached hydrogen (secondary N) is 1. The van der Waals surface area contributed by atoms with Crippen LogP contribution in [0.3, 0.4) is 0 Å². The Morgan fingerprint density at radius 3 is 2.52 bits per heavy atom. The quantitative estimate of drug-likeness (QED) is 0.921. The van der Waals surface area contributed by atoms with E-state index in [1.807, 2.05) is 13.1 Å². The molecule has 0 unspecified atom stereocenters. The van der Waals surface area contributed by atoms with E-state index in [1.54, 1.807) is 0 Å². The van der Waals surface area contributed by atoms with Crippen LogP contribution in [-0.4, -0.2) is 38.4 Å². The number of hydrogen-bond donors (Lipinski definition) is 1. The van der Waals surface area contributed by atoms with Gasteiger partial charge in [-0.1, -0.05) is 11.6 Å². The summed E-state index contributed by atoms with van der Waals surface area (Å²) < 4.78 is 26.8. The minimum Gasteiger partial charge on any atom is -0.314 e. The lowest BCUT2D eigenvalue weighted by Gasteiger charge is -2.38. The number of benzene rings is 1. The lowest BCUT2D eigenvalue weighted by molar-refractivity contribution is 0.219. The molecule has 1 aromatic rings. The third kappa shape index (κ3) is 3.22. The first-order valence-electron chi connectivity index (χ1n) is 6.71. The van der Waals surface area contributed by atoms with Gasteiger partial charge < -0.3 is 5.32 Å². The smallest absolute Gasteiger partial charge is 0.244 e. The van der Waals surface area contributed by atoms with Crippen molar-refractivity contribution in [3.8, 4) is 6.07 Å². The zero-order valence-corrected chi connectivity index (χ0v) is 13.6. The van der Waals surface area contributed by atoms with Crippen molar-refractivity contribution in [3.63, 3.8) is 0 Å². The van der Waals surface area contributed by atoms with Gasteiger partial charge in [-0.05, 0) is 45.0 Å². The molecule has 1 aliphatic heterocycles. The van der Waals surface area contributed by atoms with Crippen molar-refractivity contribution < 1.29 is 8.42 Å². The zero-order chi connectivity index (χ0) is 15.7. The van der Waals surface area contributed by atoms with Crippen molar-refractivity contribution in [2.24, 2.45) is 0 Å². The molecule has 1 aromatic carbocycles. The summed E-state index contributed by atoms with van der Waals surface area (Å²) in [7, 11) is -1.77. The first-order chi connectivity index (χ1) is 9.82. The van der Waals surface area contributed by atoms with Crippen molar-refractivity contribution in [3.05, 3.63) is 28.8 Å². The molecular formula is C14H18ClN3O2S. The highest BCUT2D eigenvalue weighted by molar-refractivity contribution is 7.89. The molecule has 0 spiro atoms. The Morgan fingerprint density at radius 1 is 1.38 bits per heavy atom. The summed E-state index contributed by atoms with van der Waals surface area (Å²) in [6.45, 7) is 2.96. The summed E-state index contributed by atoms with van der Waals surface area (Å²) in [5.41, 5.74) is 0.250. The number of sulfonamides is 1. The topological polar surface area (TPSA) is 73.2 Å². The largest absolute Gasteiger partial charge is 0.314 e. The van der Waals surface area contributed by atoms with Gasteiger partial charge in [0.15, 0.2) is 0 Å². The van der Waals surface area contributed by atoms with Gasteiger partial charge in [-0.25, -0.2) is 8.42 Å². The van der Waals surface area contributed by atoms with Crippen LogP contribution < -0.4 is 5.32 Å². The van der Waals surface area contributed by atoms with Crippen LogP contribution in [0.4, 0.5) is 0 Å². The van der Waals surface area contributed by atoms with Crippen LogP contribution in [0.25, 0.3) is 0 Å². The molecule has 0 aromatic heterocycles. The molecule has 7 heteroatoms. The minimum atomic E-state index is -3.66. The molecule has 1 fully saturated rings. The van der Waals surface area contributed by atoms with Crippen LogP contribution in [0.1, 0.15) is 25.3 Å². The lowest BCUT2D eigenvalue weighted by atomic mass is 9.91. The summed E-state index contributed by atoms with van der Waals surface area (Å²) in [6.07, 6.45) is 1.47. The second-order valence-corrected chi connectivity index (χ2v) is 7.79. The molecule has 0 saturated carbocycles. The fraction of sp³-hybridized carbons (Fsp3) is 0.500. The van der Waals surface area contributed by atoms with Gasteiger partial charge in [-0.15, -0.1) is 0 Å². The Labute approximate surface area is 130 Å². The second kappa shape index (κ2) is 5.93. The average Bonchev–Trinajstić information content (AvgIpc) is 2.48. The third-order valence-electron chi connectivity index (χ3n) is 4.11. The summed E-state index contributed by atoms with van der Waals surface area (Å²) in [5.74, 6) is 0. The van der Waals surface area contributed by atoms with Crippen molar-refractivity contribution in [1.82, 2.24) is 9.62 Å². The highest BCUT2D eigenvalue weighted by atomic mass is 35.5. The number of nitrogens with zero attached hydrogens (tertiary/aromatic N) is 2. The van der Waals surface area contributed by atoms with Crippen LogP contribution in [0, 0.1) is 11.3 Å². The van der Waals surface area contributed by atoms with E-state index in [2.05, 4.69) is 12.2 Å². The lowest BCUT2D eigenvalue weighted by Crippen LogP contribution is -2.51. The van der Waals surface area contributed by atoms with Crippen LogP contribution in [-0.2, 0) is 10.0 Å². The maximum absolute atomic E-state index is 12.7. The molecule has 1 N–H and O–H groups in total. The Balaban J connectivity index is 2.30. The van der Waals surface area contributed by atoms with Crippen LogP contribution in [0.15, 0.2) is 23.1 Å². The molecule has 0 aliphatic carbocycles. The van der Waals surface area contributed by atoms with Gasteiger partial charge in [-0.2, -0.15) is 9.57 Å². The summed E-state index contributed by atoms with van der Waals surface area (Å²) >= 11 is 6.01. The molecule has 1 heterocycles. The van der Waals surface area contributed by atoms with E-state index < -0.39 is 10.0 Å². The van der Waals surface area contributed by atoms with Gasteiger partial charge in [0.25, 0.3) is 0 Å². The molecule has 2 rings (SSSR count). The van der Waals surface area contributed by atoms with Crippen molar-refractivity contribution in [2.75, 3.05) is 20.1 Å². The van der Waals surface area contributed by atoms with E-state index in [9.17, 15) is 8.42 Å². The van der Waals surface area contributed by atoms with Crippen LogP contribution in [0.2, 0.25) is 5.02 Å². The van der Waals surface area contributed by atoms with Crippen LogP contribution in [0.5, 0.6) is 0 Å². The summed E-state index contributed by atoms with van der Waals surface area (Å²) in [5, 5.41) is 12.3. The number of hydrogen-bond acceptors (Lipinski definition) is 4.